The minimum Gasteiger partial charge on any atom is -0.398 e. The first-order chi connectivity index (χ1) is 9.25. The number of nitrogens with zero attached hydrogens (tertiary/aromatic N) is 3. The van der Waals surface area contributed by atoms with E-state index < -0.39 is 6.10 Å². The number of fused-ring (bicyclic) bond motifs is 1. The number of aromatic nitrogens is 3. The van der Waals surface area contributed by atoms with E-state index in [-0.39, 0.29) is 0 Å². The first kappa shape index (κ1) is 11.6. The van der Waals surface area contributed by atoms with Gasteiger partial charge in [0, 0.05) is 36.0 Å². The van der Waals surface area contributed by atoms with Crippen LogP contribution in [0.15, 0.2) is 49.1 Å². The molecule has 0 spiro atoms. The number of anilines is 1. The van der Waals surface area contributed by atoms with Crippen LogP contribution >= 0.6 is 0 Å². The maximum absolute atomic E-state index is 10.4. The van der Waals surface area contributed by atoms with E-state index in [2.05, 4.69) is 15.0 Å². The molecule has 5 nitrogen and oxygen atoms in total. The number of aliphatic hydroxyl groups is 1. The van der Waals surface area contributed by atoms with Crippen LogP contribution in [0, 0.1) is 0 Å². The third-order valence-electron chi connectivity index (χ3n) is 2.99. The zero-order valence-corrected chi connectivity index (χ0v) is 10.1. The first-order valence-electron chi connectivity index (χ1n) is 5.84. The second-order valence-electron chi connectivity index (χ2n) is 4.21. The summed E-state index contributed by atoms with van der Waals surface area (Å²) in [7, 11) is 0. The molecule has 1 atom stereocenters. The zero-order chi connectivity index (χ0) is 13.2. The molecule has 0 saturated carbocycles. The van der Waals surface area contributed by atoms with Crippen LogP contribution in [-0.2, 0) is 0 Å². The topological polar surface area (TPSA) is 84.9 Å². The quantitative estimate of drug-likeness (QED) is 0.725. The Kier molecular flexibility index (Phi) is 2.81. The molecule has 2 aromatic heterocycles. The number of hydrogen-bond acceptors (Lipinski definition) is 5. The summed E-state index contributed by atoms with van der Waals surface area (Å²) in [5.41, 5.74) is 9.19. The van der Waals surface area contributed by atoms with Crippen LogP contribution in [0.2, 0.25) is 0 Å². The van der Waals surface area contributed by atoms with Crippen LogP contribution in [0.25, 0.3) is 11.0 Å². The minimum atomic E-state index is -0.819. The van der Waals surface area contributed by atoms with Crippen LogP contribution in [-0.4, -0.2) is 20.1 Å². The van der Waals surface area contributed by atoms with Gasteiger partial charge in [-0.2, -0.15) is 0 Å². The Morgan fingerprint density at radius 2 is 1.79 bits per heavy atom. The fourth-order valence-electron chi connectivity index (χ4n) is 1.98. The van der Waals surface area contributed by atoms with Crippen molar-refractivity contribution < 1.29 is 5.11 Å². The monoisotopic (exact) mass is 252 g/mol. The largest absolute Gasteiger partial charge is 0.398 e. The van der Waals surface area contributed by atoms with Gasteiger partial charge in [-0.15, -0.1) is 0 Å². The van der Waals surface area contributed by atoms with Crippen molar-refractivity contribution in [3.8, 4) is 0 Å². The van der Waals surface area contributed by atoms with Crippen molar-refractivity contribution in [1.29, 1.82) is 0 Å². The molecule has 0 aliphatic heterocycles. The predicted molar refractivity (Wildman–Crippen MR) is 72.2 cm³/mol. The number of nitrogen functional groups attached to an aromatic ring is 1. The van der Waals surface area contributed by atoms with Gasteiger partial charge < -0.3 is 10.8 Å². The molecule has 19 heavy (non-hydrogen) atoms. The Labute approximate surface area is 109 Å². The van der Waals surface area contributed by atoms with Gasteiger partial charge >= 0.3 is 0 Å². The molecule has 3 aromatic rings. The van der Waals surface area contributed by atoms with Crippen molar-refractivity contribution in [2.24, 2.45) is 0 Å². The molecule has 5 heteroatoms. The van der Waals surface area contributed by atoms with Crippen molar-refractivity contribution in [2.75, 3.05) is 5.73 Å². The van der Waals surface area contributed by atoms with Gasteiger partial charge in [-0.1, -0.05) is 6.07 Å². The molecule has 0 bridgehead atoms. The highest BCUT2D eigenvalue weighted by molar-refractivity contribution is 5.74. The summed E-state index contributed by atoms with van der Waals surface area (Å²) in [5.74, 6) is 0. The molecule has 1 unspecified atom stereocenters. The number of hydrogen-bond donors (Lipinski definition) is 2. The van der Waals surface area contributed by atoms with E-state index in [1.165, 1.54) is 0 Å². The van der Waals surface area contributed by atoms with Gasteiger partial charge in [-0.05, 0) is 23.8 Å². The summed E-state index contributed by atoms with van der Waals surface area (Å²) in [6.07, 6.45) is 5.60. The third kappa shape index (κ3) is 2.11. The van der Waals surface area contributed by atoms with Crippen molar-refractivity contribution in [3.05, 3.63) is 60.2 Å². The predicted octanol–water partition coefficient (Wildman–Crippen LogP) is 1.69. The molecule has 0 aliphatic rings. The molecule has 3 rings (SSSR count). The average Bonchev–Trinajstić information content (AvgIpc) is 2.46. The van der Waals surface area contributed by atoms with Gasteiger partial charge in [0.25, 0.3) is 0 Å². The highest BCUT2D eigenvalue weighted by atomic mass is 16.3. The molecule has 1 aromatic carbocycles. The van der Waals surface area contributed by atoms with Crippen molar-refractivity contribution in [1.82, 2.24) is 15.0 Å². The Hall–Kier alpha value is -2.53. The molecular weight excluding hydrogens is 240 g/mol. The van der Waals surface area contributed by atoms with E-state index in [0.717, 1.165) is 11.0 Å². The van der Waals surface area contributed by atoms with Crippen LogP contribution in [0.4, 0.5) is 5.69 Å². The maximum atomic E-state index is 10.4. The second-order valence-corrected chi connectivity index (χ2v) is 4.21. The Morgan fingerprint density at radius 3 is 2.58 bits per heavy atom. The second kappa shape index (κ2) is 4.62. The Balaban J connectivity index is 2.07. The molecular formula is C14H12N4O. The Morgan fingerprint density at radius 1 is 1.00 bits per heavy atom. The van der Waals surface area contributed by atoms with Crippen molar-refractivity contribution in [2.45, 2.75) is 6.10 Å². The lowest BCUT2D eigenvalue weighted by atomic mass is 10.0. The highest BCUT2D eigenvalue weighted by Gasteiger charge is 2.14. The summed E-state index contributed by atoms with van der Waals surface area (Å²) in [6.45, 7) is 0. The zero-order valence-electron chi connectivity index (χ0n) is 10.1. The maximum Gasteiger partial charge on any atom is 0.108 e. The lowest BCUT2D eigenvalue weighted by Gasteiger charge is -2.13. The molecule has 3 N–H and O–H groups in total. The average molecular weight is 252 g/mol. The molecule has 0 fully saturated rings. The Bertz CT molecular complexity index is 729. The summed E-state index contributed by atoms with van der Waals surface area (Å²) in [4.78, 5) is 12.4. The number of rotatable bonds is 2. The smallest absolute Gasteiger partial charge is 0.108 e. The van der Waals surface area contributed by atoms with E-state index in [4.69, 9.17) is 5.73 Å². The first-order valence-corrected chi connectivity index (χ1v) is 5.84. The number of nitrogens with two attached hydrogens (primary N) is 1. The van der Waals surface area contributed by atoms with Gasteiger partial charge in [0.15, 0.2) is 0 Å². The van der Waals surface area contributed by atoms with Crippen LogP contribution in [0.5, 0.6) is 0 Å². The highest BCUT2D eigenvalue weighted by Crippen LogP contribution is 2.27. The lowest BCUT2D eigenvalue weighted by molar-refractivity contribution is 0.221. The van der Waals surface area contributed by atoms with Crippen LogP contribution in [0.3, 0.4) is 0 Å². The molecule has 0 aliphatic carbocycles. The molecule has 2 heterocycles. The number of benzene rings is 1. The standard InChI is InChI=1S/C14H12N4O/c15-11-3-4-16-8-10(11)14(19)9-1-2-12-13(7-9)18-6-5-17-12/h1-8,14,19H,(H2,15,16). The van der Waals surface area contributed by atoms with Crippen molar-refractivity contribution in [3.63, 3.8) is 0 Å². The summed E-state index contributed by atoms with van der Waals surface area (Å²) in [5, 5.41) is 10.4. The third-order valence-corrected chi connectivity index (χ3v) is 2.99. The van der Waals surface area contributed by atoms with Crippen molar-refractivity contribution >= 4 is 16.7 Å². The number of aliphatic hydroxyl groups excluding tert-OH is 1. The fourth-order valence-corrected chi connectivity index (χ4v) is 1.98. The number of pyridine rings is 1. The molecule has 94 valence electrons. The van der Waals surface area contributed by atoms with E-state index >= 15 is 0 Å². The normalized spacial score (nSPS) is 12.5. The summed E-state index contributed by atoms with van der Waals surface area (Å²) < 4.78 is 0. The van der Waals surface area contributed by atoms with E-state index in [9.17, 15) is 5.11 Å². The lowest BCUT2D eigenvalue weighted by Crippen LogP contribution is -2.04. The van der Waals surface area contributed by atoms with E-state index in [1.807, 2.05) is 12.1 Å². The van der Waals surface area contributed by atoms with Gasteiger partial charge in [0.1, 0.15) is 6.10 Å². The van der Waals surface area contributed by atoms with Gasteiger partial charge in [-0.25, -0.2) is 0 Å². The molecule has 0 amide bonds. The molecule has 0 radical (unpaired) electrons. The van der Waals surface area contributed by atoms with Crippen LogP contribution in [0.1, 0.15) is 17.2 Å². The van der Waals surface area contributed by atoms with Gasteiger partial charge in [-0.3, -0.25) is 15.0 Å². The van der Waals surface area contributed by atoms with Gasteiger partial charge in [0.2, 0.25) is 0 Å². The fraction of sp³-hybridized carbons (Fsp3) is 0.0714. The minimum absolute atomic E-state index is 0.516. The molecule has 0 saturated heterocycles. The van der Waals surface area contributed by atoms with E-state index in [1.54, 1.807) is 36.9 Å². The summed E-state index contributed by atoms with van der Waals surface area (Å²) >= 11 is 0. The van der Waals surface area contributed by atoms with E-state index in [0.29, 0.717) is 16.8 Å². The SMILES string of the molecule is Nc1ccncc1C(O)c1ccc2nccnc2c1. The summed E-state index contributed by atoms with van der Waals surface area (Å²) in [6, 6.07) is 7.11. The van der Waals surface area contributed by atoms with Crippen LogP contribution < -0.4 is 5.73 Å². The van der Waals surface area contributed by atoms with Gasteiger partial charge in [0.05, 0.1) is 11.0 Å².